The summed E-state index contributed by atoms with van der Waals surface area (Å²) in [6.07, 6.45) is 0. The van der Waals surface area contributed by atoms with Gasteiger partial charge >= 0.3 is 25.8 Å². The van der Waals surface area contributed by atoms with Crippen LogP contribution in [-0.2, 0) is 6.14 Å². The number of hydrogen-bond acceptors (Lipinski definition) is 3. The fourth-order valence-electron chi connectivity index (χ4n) is 2.09. The molecule has 0 aliphatic heterocycles. The molecule has 5 heteroatoms. The highest BCUT2D eigenvalue weighted by Crippen LogP contribution is 2.33. The molecule has 2 rings (SSSR count). The maximum absolute atomic E-state index is 11.4. The molecule has 0 saturated carbocycles. The normalized spacial score (nSPS) is 11.1. The van der Waals surface area contributed by atoms with Gasteiger partial charge in [0.05, 0.1) is 9.13 Å². The fourth-order valence-corrected chi connectivity index (χ4v) is 3.91. The molecule has 0 fully saturated rings. The van der Waals surface area contributed by atoms with E-state index in [1.807, 2.05) is 13.0 Å². The zero-order chi connectivity index (χ0) is 13.4. The van der Waals surface area contributed by atoms with Crippen LogP contribution in [0.15, 0.2) is 24.3 Å². The third kappa shape index (κ3) is 1.98. The Hall–Kier alpha value is -1.50. The SMILES string of the molecule is Cc1cc2c(C)cccc2c(C(=O)O)c1I(=O)=O. The molecule has 0 aliphatic carbocycles. The summed E-state index contributed by atoms with van der Waals surface area (Å²) in [7, 11) is 0. The van der Waals surface area contributed by atoms with Crippen molar-refractivity contribution in [3.8, 4) is 0 Å². The fraction of sp³-hybridized carbons (Fsp3) is 0.154. The first-order valence-corrected chi connectivity index (χ1v) is 8.09. The van der Waals surface area contributed by atoms with Crippen LogP contribution in [0.25, 0.3) is 10.8 Å². The Morgan fingerprint density at radius 3 is 2.33 bits per heavy atom. The highest BCUT2D eigenvalue weighted by atomic mass is 127. The minimum Gasteiger partial charge on any atom is -0.478 e. The summed E-state index contributed by atoms with van der Waals surface area (Å²) in [5.41, 5.74) is 1.34. The smallest absolute Gasteiger partial charge is 0.342 e. The van der Waals surface area contributed by atoms with Crippen LogP contribution in [0.2, 0.25) is 0 Å². The molecule has 0 bridgehead atoms. The second-order valence-electron chi connectivity index (χ2n) is 4.07. The van der Waals surface area contributed by atoms with Gasteiger partial charge in [-0.1, -0.05) is 18.2 Å². The number of aryl methyl sites for hydroxylation is 2. The number of carboxylic acids is 1. The Labute approximate surface area is 111 Å². The van der Waals surface area contributed by atoms with Crippen molar-refractivity contribution in [2.75, 3.05) is 0 Å². The molecule has 4 nitrogen and oxygen atoms in total. The van der Waals surface area contributed by atoms with Crippen molar-refractivity contribution in [3.05, 3.63) is 44.5 Å². The molecular weight excluding hydrogens is 347 g/mol. The molecule has 0 aromatic heterocycles. The van der Waals surface area contributed by atoms with E-state index in [0.29, 0.717) is 10.9 Å². The Kier molecular flexibility index (Phi) is 3.34. The summed E-state index contributed by atoms with van der Waals surface area (Å²) in [5.74, 6) is -1.20. The Morgan fingerprint density at radius 2 is 1.78 bits per heavy atom. The lowest BCUT2D eigenvalue weighted by Crippen LogP contribution is -2.04. The van der Waals surface area contributed by atoms with Gasteiger partial charge in [0.2, 0.25) is 0 Å². The first kappa shape index (κ1) is 12.9. The average molecular weight is 358 g/mol. The van der Waals surface area contributed by atoms with E-state index < -0.39 is 25.8 Å². The maximum Gasteiger partial charge on any atom is 0.342 e. The summed E-state index contributed by atoms with van der Waals surface area (Å²) in [6, 6.07) is 7.00. The van der Waals surface area contributed by atoms with Crippen molar-refractivity contribution < 1.29 is 16.0 Å². The van der Waals surface area contributed by atoms with Crippen molar-refractivity contribution in [3.63, 3.8) is 0 Å². The van der Waals surface area contributed by atoms with E-state index in [9.17, 15) is 16.0 Å². The largest absolute Gasteiger partial charge is 0.478 e. The second kappa shape index (κ2) is 4.64. The molecule has 1 N–H and O–H groups in total. The molecular formula is C13H11IO4. The average Bonchev–Trinajstić information content (AvgIpc) is 2.28. The first-order chi connectivity index (χ1) is 8.43. The lowest BCUT2D eigenvalue weighted by atomic mass is 9.98. The quantitative estimate of drug-likeness (QED) is 0.834. The van der Waals surface area contributed by atoms with Gasteiger partial charge in [0.25, 0.3) is 0 Å². The van der Waals surface area contributed by atoms with Gasteiger partial charge in [-0.3, -0.25) is 0 Å². The molecule has 18 heavy (non-hydrogen) atoms. The number of halogens is 1. The number of rotatable bonds is 2. The van der Waals surface area contributed by atoms with Crippen LogP contribution in [0, 0.1) is 17.4 Å². The lowest BCUT2D eigenvalue weighted by Gasteiger charge is -2.09. The summed E-state index contributed by atoms with van der Waals surface area (Å²) >= 11 is -3.84. The predicted octanol–water partition coefficient (Wildman–Crippen LogP) is 3.52. The summed E-state index contributed by atoms with van der Waals surface area (Å²) in [4.78, 5) is 11.4. The standard InChI is InChI=1S/C13H11IO4/c1-7-4-3-5-9-10(7)6-8(2)12(14(17)18)11(9)13(15)16/h3-6H,1-2H3,(H,15,16). The van der Waals surface area contributed by atoms with Crippen LogP contribution >= 0.6 is 19.8 Å². The van der Waals surface area contributed by atoms with E-state index in [1.54, 1.807) is 25.1 Å². The van der Waals surface area contributed by atoms with E-state index in [0.717, 1.165) is 10.9 Å². The molecule has 0 unspecified atom stereocenters. The minimum atomic E-state index is -3.84. The molecule has 0 heterocycles. The highest BCUT2D eigenvalue weighted by molar-refractivity contribution is 14.2. The second-order valence-corrected chi connectivity index (χ2v) is 6.39. The number of carbonyl (C=O) groups is 1. The van der Waals surface area contributed by atoms with Crippen LogP contribution in [-0.4, -0.2) is 11.1 Å². The van der Waals surface area contributed by atoms with E-state index in [4.69, 9.17) is 0 Å². The van der Waals surface area contributed by atoms with Crippen molar-refractivity contribution >= 4 is 36.5 Å². The van der Waals surface area contributed by atoms with Gasteiger partial charge in [-0.2, -0.15) is 0 Å². The summed E-state index contributed by atoms with van der Waals surface area (Å²) in [5, 5.41) is 10.5. The van der Waals surface area contributed by atoms with Gasteiger partial charge in [0.1, 0.15) is 0 Å². The van der Waals surface area contributed by atoms with E-state index in [2.05, 4.69) is 0 Å². The number of benzene rings is 2. The number of fused-ring (bicyclic) bond motifs is 1. The van der Waals surface area contributed by atoms with E-state index in [1.165, 1.54) is 0 Å². The van der Waals surface area contributed by atoms with Gasteiger partial charge in [-0.05, 0) is 41.8 Å². The lowest BCUT2D eigenvalue weighted by molar-refractivity contribution is 0.0697. The molecule has 2 aromatic rings. The Morgan fingerprint density at radius 1 is 1.11 bits per heavy atom. The molecule has 94 valence electrons. The van der Waals surface area contributed by atoms with Crippen molar-refractivity contribution in [1.29, 1.82) is 0 Å². The Balaban J connectivity index is 3.09. The molecule has 0 radical (unpaired) electrons. The molecule has 2 aromatic carbocycles. The monoisotopic (exact) mass is 358 g/mol. The third-order valence-electron chi connectivity index (χ3n) is 2.89. The predicted molar refractivity (Wildman–Crippen MR) is 74.5 cm³/mol. The molecule has 0 atom stereocenters. The van der Waals surface area contributed by atoms with Crippen molar-refractivity contribution in [1.82, 2.24) is 0 Å². The molecule has 0 aliphatic rings. The van der Waals surface area contributed by atoms with Gasteiger partial charge in [0.15, 0.2) is 0 Å². The van der Waals surface area contributed by atoms with Crippen LogP contribution in [0.3, 0.4) is 0 Å². The number of hydrogen-bond donors (Lipinski definition) is 1. The van der Waals surface area contributed by atoms with Gasteiger partial charge in [0, 0.05) is 0 Å². The van der Waals surface area contributed by atoms with Crippen LogP contribution in [0.1, 0.15) is 21.5 Å². The topological polar surface area (TPSA) is 71.4 Å². The van der Waals surface area contributed by atoms with Crippen molar-refractivity contribution in [2.45, 2.75) is 13.8 Å². The number of carboxylic acid groups (broad SMARTS) is 1. The maximum atomic E-state index is 11.4. The minimum absolute atomic E-state index is 0.00944. The van der Waals surface area contributed by atoms with Gasteiger partial charge < -0.3 is 5.11 Å². The highest BCUT2D eigenvalue weighted by Gasteiger charge is 2.21. The van der Waals surface area contributed by atoms with Crippen LogP contribution in [0.5, 0.6) is 0 Å². The first-order valence-electron chi connectivity index (χ1n) is 5.25. The van der Waals surface area contributed by atoms with Crippen molar-refractivity contribution in [2.24, 2.45) is 0 Å². The molecule has 0 amide bonds. The summed E-state index contributed by atoms with van der Waals surface area (Å²) < 4.78 is 22.7. The molecule has 0 saturated heterocycles. The van der Waals surface area contributed by atoms with E-state index >= 15 is 0 Å². The van der Waals surface area contributed by atoms with Crippen LogP contribution in [0.4, 0.5) is 0 Å². The van der Waals surface area contributed by atoms with Crippen LogP contribution < -0.4 is 0 Å². The van der Waals surface area contributed by atoms with E-state index in [-0.39, 0.29) is 9.13 Å². The zero-order valence-corrected chi connectivity index (χ0v) is 12.0. The summed E-state index contributed by atoms with van der Waals surface area (Å²) in [6.45, 7) is 3.51. The van der Waals surface area contributed by atoms with Gasteiger partial charge in [-0.15, -0.1) is 0 Å². The third-order valence-corrected chi connectivity index (χ3v) is 5.16. The number of aromatic carboxylic acids is 1. The molecule has 0 spiro atoms. The zero-order valence-electron chi connectivity index (χ0n) is 9.86. The Bertz CT molecular complexity index is 721. The van der Waals surface area contributed by atoms with Gasteiger partial charge in [-0.25, -0.2) is 10.9 Å².